The lowest BCUT2D eigenvalue weighted by Crippen LogP contribution is -2.38. The molecule has 0 atom stereocenters. The van der Waals surface area contributed by atoms with Crippen molar-refractivity contribution in [1.29, 1.82) is 0 Å². The summed E-state index contributed by atoms with van der Waals surface area (Å²) in [7, 11) is 1.55. The van der Waals surface area contributed by atoms with Crippen molar-refractivity contribution >= 4 is 11.8 Å². The van der Waals surface area contributed by atoms with Gasteiger partial charge in [-0.15, -0.1) is 0 Å². The molecule has 19 heavy (non-hydrogen) atoms. The third kappa shape index (κ3) is 4.35. The molecule has 0 saturated carbocycles. The van der Waals surface area contributed by atoms with Crippen LogP contribution in [0.1, 0.15) is 29.3 Å². The minimum Gasteiger partial charge on any atom is -0.355 e. The summed E-state index contributed by atoms with van der Waals surface area (Å²) in [5.41, 5.74) is 0.970. The van der Waals surface area contributed by atoms with Crippen molar-refractivity contribution < 1.29 is 14.0 Å². The fraction of sp³-hybridized carbons (Fsp3) is 0.429. The van der Waals surface area contributed by atoms with Gasteiger partial charge in [0, 0.05) is 19.2 Å². The van der Waals surface area contributed by atoms with Crippen LogP contribution in [0, 0.1) is 12.7 Å². The average molecular weight is 266 g/mol. The summed E-state index contributed by atoms with van der Waals surface area (Å²) in [6, 6.07) is 3.98. The first-order valence-corrected chi connectivity index (χ1v) is 6.24. The highest BCUT2D eigenvalue weighted by molar-refractivity contribution is 5.97. The minimum absolute atomic E-state index is 0.00432. The molecule has 2 amide bonds. The van der Waals surface area contributed by atoms with Crippen molar-refractivity contribution in [3.05, 3.63) is 35.1 Å². The first-order valence-electron chi connectivity index (χ1n) is 6.24. The van der Waals surface area contributed by atoms with E-state index in [2.05, 4.69) is 5.32 Å². The number of amides is 2. The van der Waals surface area contributed by atoms with Crippen molar-refractivity contribution in [2.45, 2.75) is 20.3 Å². The van der Waals surface area contributed by atoms with E-state index < -0.39 is 0 Å². The van der Waals surface area contributed by atoms with Crippen LogP contribution in [0.5, 0.6) is 0 Å². The van der Waals surface area contributed by atoms with Crippen molar-refractivity contribution in [1.82, 2.24) is 10.2 Å². The molecule has 4 nitrogen and oxygen atoms in total. The Balaban J connectivity index is 2.69. The molecule has 1 N–H and O–H groups in total. The molecule has 0 aliphatic heterocycles. The summed E-state index contributed by atoms with van der Waals surface area (Å²) in [5.74, 6) is -0.862. The van der Waals surface area contributed by atoms with Gasteiger partial charge in [-0.05, 0) is 37.1 Å². The number of carbonyl (C=O) groups is 2. The highest BCUT2D eigenvalue weighted by Gasteiger charge is 2.16. The maximum atomic E-state index is 13.0. The van der Waals surface area contributed by atoms with Gasteiger partial charge in [0.25, 0.3) is 5.91 Å². The number of rotatable bonds is 5. The summed E-state index contributed by atoms with van der Waals surface area (Å²) >= 11 is 0. The van der Waals surface area contributed by atoms with E-state index >= 15 is 0 Å². The van der Waals surface area contributed by atoms with E-state index in [-0.39, 0.29) is 24.2 Å². The summed E-state index contributed by atoms with van der Waals surface area (Å²) < 4.78 is 13.0. The summed E-state index contributed by atoms with van der Waals surface area (Å²) in [6.07, 6.45) is 0.848. The van der Waals surface area contributed by atoms with Crippen molar-refractivity contribution in [3.8, 4) is 0 Å². The van der Waals surface area contributed by atoms with Crippen LogP contribution in [-0.4, -0.2) is 36.9 Å². The van der Waals surface area contributed by atoms with E-state index in [9.17, 15) is 14.0 Å². The van der Waals surface area contributed by atoms with Gasteiger partial charge in [0.2, 0.25) is 5.91 Å². The van der Waals surface area contributed by atoms with Gasteiger partial charge in [0.1, 0.15) is 5.82 Å². The van der Waals surface area contributed by atoms with E-state index in [0.717, 1.165) is 6.42 Å². The Kier molecular flexibility index (Phi) is 5.48. The molecule has 0 aliphatic rings. The van der Waals surface area contributed by atoms with E-state index in [1.807, 2.05) is 6.92 Å². The first kappa shape index (κ1) is 15.1. The number of likely N-dealkylation sites (N-methyl/N-ethyl adjacent to an activating group) is 1. The highest BCUT2D eigenvalue weighted by atomic mass is 19.1. The van der Waals surface area contributed by atoms with Crippen LogP contribution in [0.3, 0.4) is 0 Å². The number of nitrogens with zero attached hydrogens (tertiary/aromatic N) is 1. The smallest absolute Gasteiger partial charge is 0.254 e. The molecule has 0 unspecified atom stereocenters. The molecule has 0 aromatic heterocycles. The number of hydrogen-bond donors (Lipinski definition) is 1. The largest absolute Gasteiger partial charge is 0.355 e. The molecule has 0 fully saturated rings. The average Bonchev–Trinajstić information content (AvgIpc) is 2.35. The molecule has 0 radical (unpaired) electrons. The quantitative estimate of drug-likeness (QED) is 0.882. The lowest BCUT2D eigenvalue weighted by Gasteiger charge is -2.18. The van der Waals surface area contributed by atoms with Crippen LogP contribution in [0.15, 0.2) is 18.2 Å². The number of aryl methyl sites for hydroxylation is 1. The maximum Gasteiger partial charge on any atom is 0.254 e. The van der Waals surface area contributed by atoms with Crippen LogP contribution in [0.2, 0.25) is 0 Å². The Morgan fingerprint density at radius 3 is 2.63 bits per heavy atom. The molecular formula is C14H19FN2O2. The SMILES string of the molecule is CCCNC(=O)CN(C)C(=O)c1ccc(F)cc1C. The summed E-state index contributed by atoms with van der Waals surface area (Å²) in [6.45, 7) is 4.21. The number of halogens is 1. The standard InChI is InChI=1S/C14H19FN2O2/c1-4-7-16-13(18)9-17(3)14(19)12-6-5-11(15)8-10(12)2/h5-6,8H,4,7,9H2,1-3H3,(H,16,18). The number of carbonyl (C=O) groups excluding carboxylic acids is 2. The highest BCUT2D eigenvalue weighted by Crippen LogP contribution is 2.12. The van der Waals surface area contributed by atoms with Crippen LogP contribution in [0.25, 0.3) is 0 Å². The van der Waals surface area contributed by atoms with Gasteiger partial charge in [-0.3, -0.25) is 9.59 Å². The molecule has 0 saturated heterocycles. The predicted octanol–water partition coefficient (Wildman–Crippen LogP) is 1.73. The number of hydrogen-bond acceptors (Lipinski definition) is 2. The van der Waals surface area contributed by atoms with Crippen molar-refractivity contribution in [3.63, 3.8) is 0 Å². The zero-order valence-corrected chi connectivity index (χ0v) is 11.5. The molecule has 1 aromatic rings. The van der Waals surface area contributed by atoms with Gasteiger partial charge in [0.15, 0.2) is 0 Å². The molecule has 5 heteroatoms. The summed E-state index contributed by atoms with van der Waals surface area (Å²) in [4.78, 5) is 25.0. The normalized spacial score (nSPS) is 10.1. The number of benzene rings is 1. The van der Waals surface area contributed by atoms with E-state index in [4.69, 9.17) is 0 Å². The van der Waals surface area contributed by atoms with Crippen LogP contribution in [0.4, 0.5) is 4.39 Å². The topological polar surface area (TPSA) is 49.4 Å². The molecule has 1 aromatic carbocycles. The van der Waals surface area contributed by atoms with Crippen molar-refractivity contribution in [2.24, 2.45) is 0 Å². The Hall–Kier alpha value is -1.91. The third-order valence-corrected chi connectivity index (χ3v) is 2.72. The fourth-order valence-electron chi connectivity index (χ4n) is 1.68. The lowest BCUT2D eigenvalue weighted by atomic mass is 10.1. The molecule has 1 rings (SSSR count). The predicted molar refractivity (Wildman–Crippen MR) is 71.4 cm³/mol. The molecule has 0 heterocycles. The lowest BCUT2D eigenvalue weighted by molar-refractivity contribution is -0.121. The minimum atomic E-state index is -0.377. The second kappa shape index (κ2) is 6.87. The van der Waals surface area contributed by atoms with Crippen molar-refractivity contribution in [2.75, 3.05) is 20.1 Å². The van der Waals surface area contributed by atoms with Gasteiger partial charge in [-0.2, -0.15) is 0 Å². The second-order valence-corrected chi connectivity index (χ2v) is 4.47. The number of nitrogens with one attached hydrogen (secondary N) is 1. The Morgan fingerprint density at radius 1 is 1.37 bits per heavy atom. The summed E-state index contributed by atoms with van der Waals surface area (Å²) in [5, 5.41) is 2.70. The van der Waals surface area contributed by atoms with Gasteiger partial charge >= 0.3 is 0 Å². The van der Waals surface area contributed by atoms with E-state index in [1.165, 1.54) is 23.1 Å². The van der Waals surface area contributed by atoms with Gasteiger partial charge in [-0.1, -0.05) is 6.92 Å². The Bertz CT molecular complexity index is 475. The maximum absolute atomic E-state index is 13.0. The first-order chi connectivity index (χ1) is 8.95. The molecule has 0 aliphatic carbocycles. The second-order valence-electron chi connectivity index (χ2n) is 4.47. The van der Waals surface area contributed by atoms with Gasteiger partial charge < -0.3 is 10.2 Å². The fourth-order valence-corrected chi connectivity index (χ4v) is 1.68. The van der Waals surface area contributed by atoms with Crippen LogP contribution >= 0.6 is 0 Å². The molecule has 0 spiro atoms. The third-order valence-electron chi connectivity index (χ3n) is 2.72. The Labute approximate surface area is 112 Å². The Morgan fingerprint density at radius 2 is 2.05 bits per heavy atom. The van der Waals surface area contributed by atoms with E-state index in [1.54, 1.807) is 14.0 Å². The zero-order chi connectivity index (χ0) is 14.4. The monoisotopic (exact) mass is 266 g/mol. The van der Waals surface area contributed by atoms with Crippen LogP contribution < -0.4 is 5.32 Å². The molecule has 0 bridgehead atoms. The van der Waals surface area contributed by atoms with E-state index in [0.29, 0.717) is 17.7 Å². The molecular weight excluding hydrogens is 247 g/mol. The van der Waals surface area contributed by atoms with Crippen LogP contribution in [-0.2, 0) is 4.79 Å². The zero-order valence-electron chi connectivity index (χ0n) is 11.5. The van der Waals surface area contributed by atoms with Gasteiger partial charge in [-0.25, -0.2) is 4.39 Å². The molecule has 104 valence electrons. The van der Waals surface area contributed by atoms with Gasteiger partial charge in [0.05, 0.1) is 6.54 Å².